The number of thiazole rings is 1. The van der Waals surface area contributed by atoms with Crippen molar-refractivity contribution in [3.05, 3.63) is 46.8 Å². The fourth-order valence-corrected chi connectivity index (χ4v) is 3.98. The van der Waals surface area contributed by atoms with Gasteiger partial charge in [0.15, 0.2) is 23.3 Å². The number of fused-ring (bicyclic) bond motifs is 1. The Morgan fingerprint density at radius 1 is 1.22 bits per heavy atom. The van der Waals surface area contributed by atoms with Crippen LogP contribution < -0.4 is 14.8 Å². The van der Waals surface area contributed by atoms with Crippen molar-refractivity contribution >= 4 is 40.2 Å². The zero-order valence-electron chi connectivity index (χ0n) is 14.1. The molecule has 3 aromatic rings. The summed E-state index contributed by atoms with van der Waals surface area (Å²) < 4.78 is 15.7. The zero-order valence-corrected chi connectivity index (χ0v) is 15.8. The minimum absolute atomic E-state index is 0.155. The summed E-state index contributed by atoms with van der Waals surface area (Å²) in [4.78, 5) is 29.8. The van der Waals surface area contributed by atoms with Crippen molar-refractivity contribution in [2.75, 3.05) is 12.1 Å². The van der Waals surface area contributed by atoms with Crippen molar-refractivity contribution in [2.24, 2.45) is 0 Å². The van der Waals surface area contributed by atoms with Gasteiger partial charge in [-0.05, 0) is 30.5 Å². The van der Waals surface area contributed by atoms with Crippen LogP contribution in [0.15, 0.2) is 41.1 Å². The molecule has 1 aliphatic rings. The Morgan fingerprint density at radius 3 is 2.89 bits per heavy atom. The Balaban J connectivity index is 1.37. The summed E-state index contributed by atoms with van der Waals surface area (Å²) in [5.74, 6) is 0.0943. The molecule has 0 radical (unpaired) electrons. The average molecular weight is 402 g/mol. The molecule has 0 aliphatic carbocycles. The standard InChI is InChI=1S/C18H14N2O5S2/c1-10(16(21)19-11-4-5-13-14(7-11)24-9-23-13)25-18(22)12-8-27-17(20-12)15-3-2-6-26-15/h2-8,10H,9H2,1H3,(H,19,21)/t10-/m0/s1. The molecule has 0 unspecified atom stereocenters. The maximum atomic E-state index is 12.3. The Kier molecular flexibility index (Phi) is 4.78. The van der Waals surface area contributed by atoms with Gasteiger partial charge in [0.1, 0.15) is 5.01 Å². The maximum absolute atomic E-state index is 12.3. The van der Waals surface area contributed by atoms with Gasteiger partial charge in [-0.2, -0.15) is 0 Å². The molecule has 7 nitrogen and oxygen atoms in total. The molecule has 0 fully saturated rings. The van der Waals surface area contributed by atoms with Gasteiger partial charge in [0.2, 0.25) is 6.79 Å². The molecule has 0 bridgehead atoms. The number of thiophene rings is 1. The fraction of sp³-hybridized carbons (Fsp3) is 0.167. The van der Waals surface area contributed by atoms with Gasteiger partial charge >= 0.3 is 5.97 Å². The number of rotatable bonds is 5. The Labute approximate surface area is 162 Å². The van der Waals surface area contributed by atoms with Crippen LogP contribution in [0.3, 0.4) is 0 Å². The van der Waals surface area contributed by atoms with Gasteiger partial charge in [-0.25, -0.2) is 9.78 Å². The number of ether oxygens (including phenoxy) is 3. The zero-order chi connectivity index (χ0) is 18.8. The third-order valence-corrected chi connectivity index (χ3v) is 5.62. The molecule has 27 heavy (non-hydrogen) atoms. The topological polar surface area (TPSA) is 86.8 Å². The molecule has 138 valence electrons. The van der Waals surface area contributed by atoms with Gasteiger partial charge < -0.3 is 19.5 Å². The highest BCUT2D eigenvalue weighted by atomic mass is 32.1. The Bertz CT molecular complexity index is 984. The minimum atomic E-state index is -0.977. The van der Waals surface area contributed by atoms with E-state index in [1.54, 1.807) is 34.9 Å². The van der Waals surface area contributed by atoms with E-state index in [0.29, 0.717) is 17.2 Å². The summed E-state index contributed by atoms with van der Waals surface area (Å²) in [7, 11) is 0. The highest BCUT2D eigenvalue weighted by Gasteiger charge is 2.22. The molecule has 4 rings (SSSR count). The predicted molar refractivity (Wildman–Crippen MR) is 101 cm³/mol. The number of carbonyl (C=O) groups is 2. The van der Waals surface area contributed by atoms with Crippen LogP contribution in [-0.2, 0) is 9.53 Å². The first-order chi connectivity index (χ1) is 13.1. The van der Waals surface area contributed by atoms with E-state index in [1.165, 1.54) is 18.3 Å². The molecule has 1 atom stereocenters. The summed E-state index contributed by atoms with van der Waals surface area (Å²) in [6.45, 7) is 1.66. The molecule has 1 N–H and O–H groups in total. The SMILES string of the molecule is C[C@H](OC(=O)c1csc(-c2cccs2)n1)C(=O)Nc1ccc2c(c1)OCO2. The first-order valence-electron chi connectivity index (χ1n) is 8.01. The fourth-order valence-electron chi connectivity index (χ4n) is 2.37. The summed E-state index contributed by atoms with van der Waals surface area (Å²) >= 11 is 2.90. The first-order valence-corrected chi connectivity index (χ1v) is 9.77. The minimum Gasteiger partial charge on any atom is -0.454 e. The molecular formula is C18H14N2O5S2. The molecule has 1 aromatic carbocycles. The lowest BCUT2D eigenvalue weighted by Gasteiger charge is -2.13. The number of esters is 1. The number of benzene rings is 1. The smallest absolute Gasteiger partial charge is 0.358 e. The number of aromatic nitrogens is 1. The van der Waals surface area contributed by atoms with Gasteiger partial charge in [-0.15, -0.1) is 22.7 Å². The highest BCUT2D eigenvalue weighted by Crippen LogP contribution is 2.34. The van der Waals surface area contributed by atoms with Crippen LogP contribution >= 0.6 is 22.7 Å². The monoisotopic (exact) mass is 402 g/mol. The maximum Gasteiger partial charge on any atom is 0.358 e. The van der Waals surface area contributed by atoms with Crippen LogP contribution in [-0.4, -0.2) is 29.8 Å². The molecule has 1 aliphatic heterocycles. The van der Waals surface area contributed by atoms with E-state index in [4.69, 9.17) is 14.2 Å². The van der Waals surface area contributed by atoms with E-state index in [1.807, 2.05) is 17.5 Å². The molecule has 1 amide bonds. The normalized spacial score (nSPS) is 13.2. The van der Waals surface area contributed by atoms with Crippen molar-refractivity contribution in [1.82, 2.24) is 4.98 Å². The van der Waals surface area contributed by atoms with Crippen molar-refractivity contribution in [3.63, 3.8) is 0 Å². The highest BCUT2D eigenvalue weighted by molar-refractivity contribution is 7.20. The molecule has 0 spiro atoms. The van der Waals surface area contributed by atoms with E-state index < -0.39 is 18.0 Å². The summed E-state index contributed by atoms with van der Waals surface area (Å²) in [6.07, 6.45) is -0.977. The van der Waals surface area contributed by atoms with E-state index >= 15 is 0 Å². The van der Waals surface area contributed by atoms with Gasteiger partial charge in [0.25, 0.3) is 5.91 Å². The molecule has 0 saturated carbocycles. The van der Waals surface area contributed by atoms with Crippen molar-refractivity contribution in [1.29, 1.82) is 0 Å². The molecule has 3 heterocycles. The Hall–Kier alpha value is -2.91. The van der Waals surface area contributed by atoms with Crippen molar-refractivity contribution in [3.8, 4) is 21.4 Å². The number of nitrogens with one attached hydrogen (secondary N) is 1. The third-order valence-electron chi connectivity index (χ3n) is 3.74. The van der Waals surface area contributed by atoms with Gasteiger partial charge in [-0.3, -0.25) is 4.79 Å². The lowest BCUT2D eigenvalue weighted by molar-refractivity contribution is -0.123. The molecular weight excluding hydrogens is 388 g/mol. The third kappa shape index (κ3) is 3.79. The number of anilines is 1. The lowest BCUT2D eigenvalue weighted by atomic mass is 10.2. The van der Waals surface area contributed by atoms with E-state index in [2.05, 4.69) is 10.3 Å². The van der Waals surface area contributed by atoms with Gasteiger partial charge in [0.05, 0.1) is 4.88 Å². The summed E-state index contributed by atoms with van der Waals surface area (Å²) in [5, 5.41) is 7.00. The largest absolute Gasteiger partial charge is 0.454 e. The second-order valence-corrected chi connectivity index (χ2v) is 7.43. The van der Waals surface area contributed by atoms with Crippen LogP contribution in [0, 0.1) is 0 Å². The number of hydrogen-bond acceptors (Lipinski definition) is 8. The van der Waals surface area contributed by atoms with E-state index in [0.717, 1.165) is 9.88 Å². The van der Waals surface area contributed by atoms with E-state index in [-0.39, 0.29) is 12.5 Å². The summed E-state index contributed by atoms with van der Waals surface area (Å²) in [6, 6.07) is 8.90. The second kappa shape index (κ2) is 7.37. The van der Waals surface area contributed by atoms with E-state index in [9.17, 15) is 9.59 Å². The number of carbonyl (C=O) groups excluding carboxylic acids is 2. The average Bonchev–Trinajstić information content (AvgIpc) is 3.40. The van der Waals surface area contributed by atoms with Crippen LogP contribution in [0.4, 0.5) is 5.69 Å². The molecule has 0 saturated heterocycles. The number of nitrogens with zero attached hydrogens (tertiary/aromatic N) is 1. The van der Waals surface area contributed by atoms with Crippen molar-refractivity contribution < 1.29 is 23.8 Å². The molecule has 9 heteroatoms. The predicted octanol–water partition coefficient (Wildman–Crippen LogP) is 3.78. The summed E-state index contributed by atoms with van der Waals surface area (Å²) in [5.41, 5.74) is 0.715. The van der Waals surface area contributed by atoms with Crippen LogP contribution in [0.1, 0.15) is 17.4 Å². The lowest BCUT2D eigenvalue weighted by Crippen LogP contribution is -2.30. The van der Waals surface area contributed by atoms with Crippen molar-refractivity contribution in [2.45, 2.75) is 13.0 Å². The van der Waals surface area contributed by atoms with Gasteiger partial charge in [0, 0.05) is 17.1 Å². The molecule has 2 aromatic heterocycles. The van der Waals surface area contributed by atoms with Crippen LogP contribution in [0.25, 0.3) is 9.88 Å². The van der Waals surface area contributed by atoms with Gasteiger partial charge in [-0.1, -0.05) is 6.07 Å². The first kappa shape index (κ1) is 17.5. The van der Waals surface area contributed by atoms with Crippen LogP contribution in [0.5, 0.6) is 11.5 Å². The Morgan fingerprint density at radius 2 is 2.07 bits per heavy atom. The number of amides is 1. The number of hydrogen-bond donors (Lipinski definition) is 1. The second-order valence-electron chi connectivity index (χ2n) is 5.62. The van der Waals surface area contributed by atoms with Crippen LogP contribution in [0.2, 0.25) is 0 Å². The quantitative estimate of drug-likeness (QED) is 0.654.